The second-order valence-electron chi connectivity index (χ2n) is 7.68. The van der Waals surface area contributed by atoms with E-state index in [0.29, 0.717) is 24.7 Å². The van der Waals surface area contributed by atoms with Crippen molar-refractivity contribution in [2.75, 3.05) is 38.2 Å². The van der Waals surface area contributed by atoms with Crippen molar-refractivity contribution in [2.24, 2.45) is 0 Å². The summed E-state index contributed by atoms with van der Waals surface area (Å²) in [5.41, 5.74) is 3.04. The van der Waals surface area contributed by atoms with Gasteiger partial charge in [-0.2, -0.15) is 0 Å². The van der Waals surface area contributed by atoms with Gasteiger partial charge in [0.15, 0.2) is 11.7 Å². The molecule has 1 fully saturated rings. The minimum absolute atomic E-state index is 0.0235. The van der Waals surface area contributed by atoms with Crippen LogP contribution in [0.1, 0.15) is 24.4 Å². The number of nitrogens with zero attached hydrogens (tertiary/aromatic N) is 3. The second kappa shape index (κ2) is 9.12. The summed E-state index contributed by atoms with van der Waals surface area (Å²) in [5.74, 6) is 2.05. The van der Waals surface area contributed by atoms with Gasteiger partial charge in [-0.05, 0) is 24.6 Å². The number of anilines is 1. The second-order valence-corrected chi connectivity index (χ2v) is 7.68. The third-order valence-electron chi connectivity index (χ3n) is 5.64. The van der Waals surface area contributed by atoms with Gasteiger partial charge < -0.3 is 24.3 Å². The Balaban J connectivity index is 1.37. The molecule has 0 bridgehead atoms. The number of methoxy groups -OCH3 is 1. The molecule has 1 unspecified atom stereocenters. The van der Waals surface area contributed by atoms with Gasteiger partial charge >= 0.3 is 6.03 Å². The summed E-state index contributed by atoms with van der Waals surface area (Å²) >= 11 is 0. The molecule has 1 aliphatic rings. The number of amides is 2. The van der Waals surface area contributed by atoms with Gasteiger partial charge in [-0.1, -0.05) is 30.3 Å². The number of carbonyl (C=O) groups excluding carboxylic acids is 1. The van der Waals surface area contributed by atoms with Gasteiger partial charge in [0.1, 0.15) is 5.75 Å². The van der Waals surface area contributed by atoms with E-state index in [1.165, 1.54) is 0 Å². The molecule has 1 saturated heterocycles. The number of hydrogen-bond acceptors (Lipinski definition) is 5. The molecule has 7 nitrogen and oxygen atoms in total. The zero-order valence-electron chi connectivity index (χ0n) is 18.2. The highest BCUT2D eigenvalue weighted by molar-refractivity contribution is 5.75. The number of nitrogens with one attached hydrogen (secondary N) is 1. The summed E-state index contributed by atoms with van der Waals surface area (Å²) in [6.07, 6.45) is 1.71. The maximum absolute atomic E-state index is 12.7. The van der Waals surface area contributed by atoms with Gasteiger partial charge in [-0.15, -0.1) is 0 Å². The molecule has 31 heavy (non-hydrogen) atoms. The summed E-state index contributed by atoms with van der Waals surface area (Å²) in [6.45, 7) is 6.68. The average molecular weight is 421 g/mol. The molecular formula is C24H28N4O3. The number of aryl methyl sites for hydroxylation is 1. The molecule has 2 aromatic carbocycles. The Bertz CT molecular complexity index is 1030. The highest BCUT2D eigenvalue weighted by Crippen LogP contribution is 2.34. The minimum atomic E-state index is -0.0248. The van der Waals surface area contributed by atoms with Crippen molar-refractivity contribution < 1.29 is 13.9 Å². The average Bonchev–Trinajstić information content (AvgIpc) is 3.25. The summed E-state index contributed by atoms with van der Waals surface area (Å²) in [5, 5.41) is 3.10. The fourth-order valence-corrected chi connectivity index (χ4v) is 3.84. The Hall–Kier alpha value is -3.48. The molecule has 1 aliphatic heterocycles. The molecule has 162 valence electrons. The Morgan fingerprint density at radius 2 is 1.87 bits per heavy atom. The standard InChI is InChI=1S/C24H28N4O3/c1-17(19-7-5-4-6-8-19)26-24(29)28-13-11-27(12-14-28)20-9-10-21(22(15-20)30-3)23-16-25-18(2)31-23/h4-10,15-17H,11-14H2,1-3H3,(H,26,29). The summed E-state index contributed by atoms with van der Waals surface area (Å²) in [6, 6.07) is 16.0. The monoisotopic (exact) mass is 420 g/mol. The molecule has 1 aromatic heterocycles. The van der Waals surface area contributed by atoms with Crippen molar-refractivity contribution in [3.8, 4) is 17.1 Å². The highest BCUT2D eigenvalue weighted by atomic mass is 16.5. The van der Waals surface area contributed by atoms with E-state index in [9.17, 15) is 4.79 Å². The van der Waals surface area contributed by atoms with Crippen molar-refractivity contribution in [1.29, 1.82) is 0 Å². The lowest BCUT2D eigenvalue weighted by atomic mass is 10.1. The molecule has 0 radical (unpaired) electrons. The minimum Gasteiger partial charge on any atom is -0.496 e. The zero-order chi connectivity index (χ0) is 21.8. The van der Waals surface area contributed by atoms with E-state index < -0.39 is 0 Å². The van der Waals surface area contributed by atoms with Crippen LogP contribution in [0.2, 0.25) is 0 Å². The number of hydrogen-bond donors (Lipinski definition) is 1. The number of rotatable bonds is 5. The largest absolute Gasteiger partial charge is 0.496 e. The van der Waals surface area contributed by atoms with E-state index in [0.717, 1.165) is 35.7 Å². The lowest BCUT2D eigenvalue weighted by Crippen LogP contribution is -2.52. The quantitative estimate of drug-likeness (QED) is 0.668. The number of urea groups is 1. The van der Waals surface area contributed by atoms with Gasteiger partial charge in [0.25, 0.3) is 0 Å². The number of ether oxygens (including phenoxy) is 1. The summed E-state index contributed by atoms with van der Waals surface area (Å²) in [4.78, 5) is 21.0. The smallest absolute Gasteiger partial charge is 0.317 e. The van der Waals surface area contributed by atoms with Crippen molar-refractivity contribution in [3.05, 3.63) is 66.2 Å². The highest BCUT2D eigenvalue weighted by Gasteiger charge is 2.23. The van der Waals surface area contributed by atoms with E-state index in [1.807, 2.05) is 61.2 Å². The first-order chi connectivity index (χ1) is 15.0. The number of piperazine rings is 1. The first-order valence-electron chi connectivity index (χ1n) is 10.5. The third-order valence-corrected chi connectivity index (χ3v) is 5.64. The van der Waals surface area contributed by atoms with Crippen LogP contribution >= 0.6 is 0 Å². The van der Waals surface area contributed by atoms with Crippen molar-refractivity contribution >= 4 is 11.7 Å². The molecule has 2 amide bonds. The fraction of sp³-hybridized carbons (Fsp3) is 0.333. The Morgan fingerprint density at radius 1 is 1.13 bits per heavy atom. The Morgan fingerprint density at radius 3 is 2.52 bits per heavy atom. The lowest BCUT2D eigenvalue weighted by Gasteiger charge is -2.36. The third kappa shape index (κ3) is 4.66. The normalized spacial score (nSPS) is 14.9. The van der Waals surface area contributed by atoms with E-state index in [-0.39, 0.29) is 12.1 Å². The van der Waals surface area contributed by atoms with Gasteiger partial charge in [-0.3, -0.25) is 0 Å². The predicted octanol–water partition coefficient (Wildman–Crippen LogP) is 4.25. The Kier molecular flexibility index (Phi) is 6.11. The molecule has 3 aromatic rings. The van der Waals surface area contributed by atoms with Crippen LogP contribution in [0.25, 0.3) is 11.3 Å². The van der Waals surface area contributed by atoms with E-state index >= 15 is 0 Å². The van der Waals surface area contributed by atoms with E-state index in [4.69, 9.17) is 9.15 Å². The number of carbonyl (C=O) groups is 1. The number of oxazole rings is 1. The van der Waals surface area contributed by atoms with Crippen molar-refractivity contribution in [2.45, 2.75) is 19.9 Å². The van der Waals surface area contributed by atoms with Crippen LogP contribution in [0, 0.1) is 6.92 Å². The fourth-order valence-electron chi connectivity index (χ4n) is 3.84. The zero-order valence-corrected chi connectivity index (χ0v) is 18.2. The van der Waals surface area contributed by atoms with Gasteiger partial charge in [-0.25, -0.2) is 9.78 Å². The van der Waals surface area contributed by atoms with Crippen LogP contribution in [0.15, 0.2) is 59.1 Å². The summed E-state index contributed by atoms with van der Waals surface area (Å²) in [7, 11) is 1.65. The molecule has 1 atom stereocenters. The van der Waals surface area contributed by atoms with E-state index in [1.54, 1.807) is 13.3 Å². The lowest BCUT2D eigenvalue weighted by molar-refractivity contribution is 0.191. The number of benzene rings is 2. The van der Waals surface area contributed by atoms with Gasteiger partial charge in [0.2, 0.25) is 0 Å². The van der Waals surface area contributed by atoms with Crippen LogP contribution in [0.5, 0.6) is 5.75 Å². The molecule has 7 heteroatoms. The predicted molar refractivity (Wildman–Crippen MR) is 120 cm³/mol. The van der Waals surface area contributed by atoms with Crippen LogP contribution in [0.4, 0.5) is 10.5 Å². The topological polar surface area (TPSA) is 70.8 Å². The first kappa shape index (κ1) is 20.8. The van der Waals surface area contributed by atoms with Crippen molar-refractivity contribution in [1.82, 2.24) is 15.2 Å². The Labute approximate surface area is 182 Å². The van der Waals surface area contributed by atoms with Crippen LogP contribution < -0.4 is 15.0 Å². The molecule has 2 heterocycles. The molecule has 0 spiro atoms. The summed E-state index contributed by atoms with van der Waals surface area (Å²) < 4.78 is 11.2. The van der Waals surface area contributed by atoms with Gasteiger partial charge in [0.05, 0.1) is 24.9 Å². The van der Waals surface area contributed by atoms with Gasteiger partial charge in [0, 0.05) is 44.9 Å². The van der Waals surface area contributed by atoms with Crippen LogP contribution in [-0.4, -0.2) is 49.2 Å². The molecule has 0 saturated carbocycles. The number of aromatic nitrogens is 1. The molecular weight excluding hydrogens is 392 g/mol. The maximum Gasteiger partial charge on any atom is 0.317 e. The van der Waals surface area contributed by atoms with Crippen molar-refractivity contribution in [3.63, 3.8) is 0 Å². The maximum atomic E-state index is 12.7. The first-order valence-corrected chi connectivity index (χ1v) is 10.5. The SMILES string of the molecule is COc1cc(N2CCN(C(=O)NC(C)c3ccccc3)CC2)ccc1-c1cnc(C)o1. The van der Waals surface area contributed by atoms with E-state index in [2.05, 4.69) is 21.3 Å². The molecule has 1 N–H and O–H groups in total. The molecule has 4 rings (SSSR count). The molecule has 0 aliphatic carbocycles. The van der Waals surface area contributed by atoms with Crippen LogP contribution in [-0.2, 0) is 0 Å². The van der Waals surface area contributed by atoms with Crippen LogP contribution in [0.3, 0.4) is 0 Å².